The van der Waals surface area contributed by atoms with Gasteiger partial charge in [0.05, 0.1) is 12.6 Å². The zero-order valence-corrected chi connectivity index (χ0v) is 15.5. The molecule has 1 N–H and O–H groups in total. The summed E-state index contributed by atoms with van der Waals surface area (Å²) in [4.78, 5) is 19.1. The molecule has 1 aromatic rings. The van der Waals surface area contributed by atoms with E-state index in [9.17, 15) is 4.79 Å². The molecule has 7 heteroatoms. The minimum Gasteiger partial charge on any atom is -0.376 e. The van der Waals surface area contributed by atoms with Gasteiger partial charge in [0.15, 0.2) is 5.82 Å². The molecule has 1 atom stereocenters. The summed E-state index contributed by atoms with van der Waals surface area (Å²) in [6, 6.07) is -0.0420. The van der Waals surface area contributed by atoms with Crippen LogP contribution >= 0.6 is 0 Å². The van der Waals surface area contributed by atoms with Crippen LogP contribution in [-0.4, -0.2) is 46.9 Å². The molecule has 1 unspecified atom stereocenters. The average molecular weight is 362 g/mol. The van der Waals surface area contributed by atoms with Gasteiger partial charge in [-0.15, -0.1) is 0 Å². The highest BCUT2D eigenvalue weighted by Crippen LogP contribution is 2.32. The van der Waals surface area contributed by atoms with Gasteiger partial charge in [-0.2, -0.15) is 4.98 Å². The molecule has 0 radical (unpaired) electrons. The second-order valence-electron chi connectivity index (χ2n) is 8.03. The molecule has 3 fully saturated rings. The maximum Gasteiger partial charge on any atom is 0.317 e. The Kier molecular flexibility index (Phi) is 5.72. The molecule has 0 spiro atoms. The van der Waals surface area contributed by atoms with Crippen LogP contribution in [0.25, 0.3) is 0 Å². The molecule has 144 valence electrons. The van der Waals surface area contributed by atoms with E-state index in [0.29, 0.717) is 30.7 Å². The summed E-state index contributed by atoms with van der Waals surface area (Å²) in [5, 5.41) is 7.02. The number of ether oxygens (including phenoxy) is 1. The lowest BCUT2D eigenvalue weighted by atomic mass is 9.85. The highest BCUT2D eigenvalue weighted by Gasteiger charge is 2.28. The first-order chi connectivity index (χ1) is 12.8. The zero-order valence-electron chi connectivity index (χ0n) is 15.5. The maximum atomic E-state index is 12.7. The first-order valence-electron chi connectivity index (χ1n) is 10.2. The fourth-order valence-corrected chi connectivity index (χ4v) is 4.21. The van der Waals surface area contributed by atoms with E-state index in [1.807, 2.05) is 4.90 Å². The highest BCUT2D eigenvalue weighted by molar-refractivity contribution is 5.74. The van der Waals surface area contributed by atoms with E-state index in [1.165, 1.54) is 32.1 Å². The van der Waals surface area contributed by atoms with Crippen LogP contribution in [0.1, 0.15) is 75.4 Å². The number of carbonyl (C=O) groups excluding carboxylic acids is 1. The Balaban J connectivity index is 1.30. The molecule has 0 bridgehead atoms. The predicted molar refractivity (Wildman–Crippen MR) is 95.6 cm³/mol. The molecule has 7 nitrogen and oxygen atoms in total. The molecule has 1 aromatic heterocycles. The van der Waals surface area contributed by atoms with Gasteiger partial charge in [0, 0.05) is 25.6 Å². The number of urea groups is 1. The van der Waals surface area contributed by atoms with Crippen molar-refractivity contribution in [3.63, 3.8) is 0 Å². The van der Waals surface area contributed by atoms with Crippen LogP contribution < -0.4 is 5.32 Å². The van der Waals surface area contributed by atoms with Crippen molar-refractivity contribution < 1.29 is 14.1 Å². The predicted octanol–water partition coefficient (Wildman–Crippen LogP) is 3.22. The lowest BCUT2D eigenvalue weighted by Gasteiger charge is -2.33. The van der Waals surface area contributed by atoms with Crippen LogP contribution in [-0.2, 0) is 11.3 Å². The number of rotatable bonds is 7. The van der Waals surface area contributed by atoms with Crippen molar-refractivity contribution in [2.45, 2.75) is 76.4 Å². The molecular formula is C19H30N4O3. The smallest absolute Gasteiger partial charge is 0.317 e. The van der Waals surface area contributed by atoms with Gasteiger partial charge in [0.25, 0.3) is 0 Å². The molecule has 2 amide bonds. The SMILES string of the molecule is O=C(NCc1noc(C2CCCC2)n1)N(CC1CCC1)CC1CCCO1. The Morgan fingerprint density at radius 3 is 2.62 bits per heavy atom. The third kappa shape index (κ3) is 4.37. The third-order valence-corrected chi connectivity index (χ3v) is 6.02. The molecule has 2 heterocycles. The van der Waals surface area contributed by atoms with Gasteiger partial charge in [-0.1, -0.05) is 24.4 Å². The summed E-state index contributed by atoms with van der Waals surface area (Å²) in [5.41, 5.74) is 0. The number of amides is 2. The summed E-state index contributed by atoms with van der Waals surface area (Å²) in [7, 11) is 0. The monoisotopic (exact) mass is 362 g/mol. The van der Waals surface area contributed by atoms with Crippen molar-refractivity contribution in [3.05, 3.63) is 11.7 Å². The van der Waals surface area contributed by atoms with Crippen LogP contribution in [0.5, 0.6) is 0 Å². The second-order valence-corrected chi connectivity index (χ2v) is 8.03. The summed E-state index contributed by atoms with van der Waals surface area (Å²) < 4.78 is 11.1. The van der Waals surface area contributed by atoms with Gasteiger partial charge in [-0.3, -0.25) is 0 Å². The maximum absolute atomic E-state index is 12.7. The van der Waals surface area contributed by atoms with Crippen molar-refractivity contribution in [2.24, 2.45) is 5.92 Å². The highest BCUT2D eigenvalue weighted by atomic mass is 16.5. The molecule has 26 heavy (non-hydrogen) atoms. The molecule has 4 rings (SSSR count). The van der Waals surface area contributed by atoms with E-state index in [2.05, 4.69) is 15.5 Å². The summed E-state index contributed by atoms with van der Waals surface area (Å²) in [6.45, 7) is 2.64. The Labute approximate surface area is 154 Å². The Morgan fingerprint density at radius 1 is 1.08 bits per heavy atom. The van der Waals surface area contributed by atoms with Gasteiger partial charge < -0.3 is 19.5 Å². The van der Waals surface area contributed by atoms with Crippen molar-refractivity contribution in [3.8, 4) is 0 Å². The largest absolute Gasteiger partial charge is 0.376 e. The fourth-order valence-electron chi connectivity index (χ4n) is 4.21. The van der Waals surface area contributed by atoms with Crippen molar-refractivity contribution >= 4 is 6.03 Å². The number of carbonyl (C=O) groups is 1. The Morgan fingerprint density at radius 2 is 1.92 bits per heavy atom. The number of nitrogens with one attached hydrogen (secondary N) is 1. The van der Waals surface area contributed by atoms with Crippen LogP contribution in [0.4, 0.5) is 4.79 Å². The summed E-state index contributed by atoms with van der Waals surface area (Å²) in [6.07, 6.45) is 10.8. The first-order valence-corrected chi connectivity index (χ1v) is 10.2. The van der Waals surface area contributed by atoms with Crippen LogP contribution in [0.3, 0.4) is 0 Å². The second kappa shape index (κ2) is 8.37. The average Bonchev–Trinajstić information content (AvgIpc) is 3.36. The summed E-state index contributed by atoms with van der Waals surface area (Å²) in [5.74, 6) is 2.35. The van der Waals surface area contributed by atoms with Crippen molar-refractivity contribution in [2.75, 3.05) is 19.7 Å². The van der Waals surface area contributed by atoms with E-state index in [4.69, 9.17) is 9.26 Å². The zero-order chi connectivity index (χ0) is 17.8. The van der Waals surface area contributed by atoms with Gasteiger partial charge in [0.1, 0.15) is 0 Å². The third-order valence-electron chi connectivity index (χ3n) is 6.02. The van der Waals surface area contributed by atoms with E-state index in [-0.39, 0.29) is 12.1 Å². The molecular weight excluding hydrogens is 332 g/mol. The molecule has 1 aliphatic heterocycles. The Bertz CT molecular complexity index is 589. The van der Waals surface area contributed by atoms with Gasteiger partial charge in [-0.05, 0) is 44.4 Å². The van der Waals surface area contributed by atoms with Gasteiger partial charge in [-0.25, -0.2) is 4.79 Å². The lowest BCUT2D eigenvalue weighted by Crippen LogP contribution is -2.46. The lowest BCUT2D eigenvalue weighted by molar-refractivity contribution is 0.0720. The Hall–Kier alpha value is -1.63. The normalized spacial score (nSPS) is 23.9. The van der Waals surface area contributed by atoms with Gasteiger partial charge in [0.2, 0.25) is 5.89 Å². The quantitative estimate of drug-likeness (QED) is 0.805. The number of hydrogen-bond acceptors (Lipinski definition) is 5. The van der Waals surface area contributed by atoms with Crippen LogP contribution in [0, 0.1) is 5.92 Å². The minimum absolute atomic E-state index is 0.0420. The van der Waals surface area contributed by atoms with E-state index < -0.39 is 0 Å². The molecule has 3 aliphatic rings. The standard InChI is InChI=1S/C19H30N4O3/c24-19(20-11-17-21-18(26-22-17)15-7-1-2-8-15)23(12-14-5-3-6-14)13-16-9-4-10-25-16/h14-16H,1-13H2,(H,20,24). The van der Waals surface area contributed by atoms with Crippen molar-refractivity contribution in [1.82, 2.24) is 20.4 Å². The molecule has 0 aromatic carbocycles. The van der Waals surface area contributed by atoms with E-state index in [1.54, 1.807) is 0 Å². The van der Waals surface area contributed by atoms with Gasteiger partial charge >= 0.3 is 6.03 Å². The topological polar surface area (TPSA) is 80.5 Å². The van der Waals surface area contributed by atoms with E-state index in [0.717, 1.165) is 44.7 Å². The van der Waals surface area contributed by atoms with E-state index >= 15 is 0 Å². The van der Waals surface area contributed by atoms with Crippen LogP contribution in [0.15, 0.2) is 4.52 Å². The number of hydrogen-bond donors (Lipinski definition) is 1. The minimum atomic E-state index is -0.0420. The van der Waals surface area contributed by atoms with Crippen LogP contribution in [0.2, 0.25) is 0 Å². The molecule has 2 aliphatic carbocycles. The number of aromatic nitrogens is 2. The molecule has 1 saturated heterocycles. The number of nitrogens with zero attached hydrogens (tertiary/aromatic N) is 3. The summed E-state index contributed by atoms with van der Waals surface area (Å²) >= 11 is 0. The first kappa shape index (κ1) is 17.8. The molecule has 2 saturated carbocycles. The fraction of sp³-hybridized carbons (Fsp3) is 0.842. The van der Waals surface area contributed by atoms with Crippen molar-refractivity contribution in [1.29, 1.82) is 0 Å².